The van der Waals surface area contributed by atoms with Gasteiger partial charge in [0.25, 0.3) is 0 Å². The standard InChI is InChI=1S/C7H14O2S/c1-6-3-2-4-9-7(8)5-10-6/h6-8H,2-5H2,1H3. The van der Waals surface area contributed by atoms with Gasteiger partial charge in [-0.2, -0.15) is 11.8 Å². The maximum absolute atomic E-state index is 9.09. The van der Waals surface area contributed by atoms with Gasteiger partial charge in [-0.1, -0.05) is 6.92 Å². The van der Waals surface area contributed by atoms with E-state index in [0.29, 0.717) is 11.9 Å². The maximum atomic E-state index is 9.09. The molecule has 2 unspecified atom stereocenters. The molecule has 3 heteroatoms. The third kappa shape index (κ3) is 2.90. The van der Waals surface area contributed by atoms with E-state index in [1.807, 2.05) is 0 Å². The van der Waals surface area contributed by atoms with E-state index < -0.39 is 6.29 Å². The Bertz CT molecular complexity index is 85.6. The first-order valence-corrected chi connectivity index (χ1v) is 4.75. The van der Waals surface area contributed by atoms with Gasteiger partial charge in [0.15, 0.2) is 6.29 Å². The Morgan fingerprint density at radius 3 is 3.20 bits per heavy atom. The summed E-state index contributed by atoms with van der Waals surface area (Å²) in [6.45, 7) is 2.91. The molecule has 1 saturated heterocycles. The molecule has 0 amide bonds. The van der Waals surface area contributed by atoms with Gasteiger partial charge in [0.2, 0.25) is 0 Å². The zero-order chi connectivity index (χ0) is 7.40. The van der Waals surface area contributed by atoms with Crippen molar-refractivity contribution in [2.75, 3.05) is 12.4 Å². The van der Waals surface area contributed by atoms with Crippen molar-refractivity contribution < 1.29 is 9.84 Å². The highest BCUT2D eigenvalue weighted by atomic mass is 32.2. The fourth-order valence-electron chi connectivity index (χ4n) is 0.968. The smallest absolute Gasteiger partial charge is 0.163 e. The molecule has 0 saturated carbocycles. The zero-order valence-electron chi connectivity index (χ0n) is 6.25. The van der Waals surface area contributed by atoms with Crippen LogP contribution in [0.4, 0.5) is 0 Å². The van der Waals surface area contributed by atoms with Crippen LogP contribution >= 0.6 is 11.8 Å². The summed E-state index contributed by atoms with van der Waals surface area (Å²) in [4.78, 5) is 0. The van der Waals surface area contributed by atoms with E-state index in [1.165, 1.54) is 6.42 Å². The van der Waals surface area contributed by atoms with Crippen molar-refractivity contribution in [3.05, 3.63) is 0 Å². The number of hydrogen-bond acceptors (Lipinski definition) is 3. The van der Waals surface area contributed by atoms with Gasteiger partial charge in [-0.15, -0.1) is 0 Å². The van der Waals surface area contributed by atoms with Crippen molar-refractivity contribution in [3.63, 3.8) is 0 Å². The van der Waals surface area contributed by atoms with Crippen molar-refractivity contribution >= 4 is 11.8 Å². The van der Waals surface area contributed by atoms with Crippen LogP contribution in [0.25, 0.3) is 0 Å². The Morgan fingerprint density at radius 1 is 1.60 bits per heavy atom. The van der Waals surface area contributed by atoms with Crippen molar-refractivity contribution in [1.29, 1.82) is 0 Å². The molecule has 1 aliphatic heterocycles. The molecule has 1 N–H and O–H groups in total. The van der Waals surface area contributed by atoms with Crippen molar-refractivity contribution in [3.8, 4) is 0 Å². The molecule has 1 fully saturated rings. The Labute approximate surface area is 66.0 Å². The van der Waals surface area contributed by atoms with Gasteiger partial charge in [-0.25, -0.2) is 0 Å². The summed E-state index contributed by atoms with van der Waals surface area (Å²) in [7, 11) is 0. The molecule has 0 aromatic carbocycles. The number of rotatable bonds is 0. The lowest BCUT2D eigenvalue weighted by atomic mass is 10.2. The molecule has 1 heterocycles. The first-order valence-electron chi connectivity index (χ1n) is 3.70. The summed E-state index contributed by atoms with van der Waals surface area (Å²) >= 11 is 1.79. The Hall–Kier alpha value is 0.270. The normalized spacial score (nSPS) is 36.6. The first kappa shape index (κ1) is 8.37. The molecule has 1 aliphatic rings. The number of thioether (sulfide) groups is 1. The molecule has 0 radical (unpaired) electrons. The van der Waals surface area contributed by atoms with Crippen LogP contribution in [0.1, 0.15) is 19.8 Å². The summed E-state index contributed by atoms with van der Waals surface area (Å²) in [5, 5.41) is 9.77. The van der Waals surface area contributed by atoms with Gasteiger partial charge < -0.3 is 9.84 Å². The Morgan fingerprint density at radius 2 is 2.40 bits per heavy atom. The van der Waals surface area contributed by atoms with Crippen LogP contribution in [-0.4, -0.2) is 29.0 Å². The molecule has 2 atom stereocenters. The molecule has 0 aliphatic carbocycles. The average molecular weight is 162 g/mol. The highest BCUT2D eigenvalue weighted by Gasteiger charge is 2.11. The van der Waals surface area contributed by atoms with Gasteiger partial charge >= 0.3 is 0 Å². The number of aliphatic hydroxyl groups excluding tert-OH is 1. The van der Waals surface area contributed by atoms with Crippen LogP contribution < -0.4 is 0 Å². The van der Waals surface area contributed by atoms with Gasteiger partial charge in [0.05, 0.1) is 0 Å². The predicted molar refractivity (Wildman–Crippen MR) is 43.1 cm³/mol. The van der Waals surface area contributed by atoms with Crippen molar-refractivity contribution in [1.82, 2.24) is 0 Å². The lowest BCUT2D eigenvalue weighted by Crippen LogP contribution is -2.20. The Kier molecular flexibility index (Phi) is 3.52. The monoisotopic (exact) mass is 162 g/mol. The van der Waals surface area contributed by atoms with E-state index >= 15 is 0 Å². The number of ether oxygens (including phenoxy) is 1. The van der Waals surface area contributed by atoms with E-state index in [0.717, 1.165) is 12.2 Å². The van der Waals surface area contributed by atoms with Crippen LogP contribution in [0.3, 0.4) is 0 Å². The summed E-state index contributed by atoms with van der Waals surface area (Å²) < 4.78 is 5.07. The highest BCUT2D eigenvalue weighted by Crippen LogP contribution is 2.19. The Balaban J connectivity index is 2.23. The van der Waals surface area contributed by atoms with Crippen molar-refractivity contribution in [2.45, 2.75) is 31.3 Å². The minimum Gasteiger partial charge on any atom is -0.367 e. The molecule has 0 aromatic rings. The SMILES string of the molecule is CC1CCCOC(O)CS1. The topological polar surface area (TPSA) is 29.5 Å². The van der Waals surface area contributed by atoms with Gasteiger partial charge in [-0.3, -0.25) is 0 Å². The van der Waals surface area contributed by atoms with Crippen LogP contribution in [0.15, 0.2) is 0 Å². The van der Waals surface area contributed by atoms with Gasteiger partial charge in [-0.05, 0) is 12.8 Å². The molecule has 10 heavy (non-hydrogen) atoms. The molecule has 60 valence electrons. The van der Waals surface area contributed by atoms with E-state index in [2.05, 4.69) is 6.92 Å². The largest absolute Gasteiger partial charge is 0.367 e. The van der Waals surface area contributed by atoms with E-state index in [1.54, 1.807) is 11.8 Å². The quantitative estimate of drug-likeness (QED) is 0.581. The number of hydrogen-bond donors (Lipinski definition) is 1. The summed E-state index contributed by atoms with van der Waals surface area (Å²) in [6, 6.07) is 0. The van der Waals surface area contributed by atoms with Crippen molar-refractivity contribution in [2.24, 2.45) is 0 Å². The van der Waals surface area contributed by atoms with Crippen LogP contribution in [0, 0.1) is 0 Å². The molecule has 0 aromatic heterocycles. The second kappa shape index (κ2) is 4.21. The molecular formula is C7H14O2S. The van der Waals surface area contributed by atoms with Crippen LogP contribution in [0.5, 0.6) is 0 Å². The fourth-order valence-corrected chi connectivity index (χ4v) is 1.89. The summed E-state index contributed by atoms with van der Waals surface area (Å²) in [5.74, 6) is 0.723. The van der Waals surface area contributed by atoms with Gasteiger partial charge in [0.1, 0.15) is 0 Å². The summed E-state index contributed by atoms with van der Waals surface area (Å²) in [6.07, 6.45) is 1.75. The predicted octanol–water partition coefficient (Wildman–Crippen LogP) is 1.24. The van der Waals surface area contributed by atoms with E-state index in [-0.39, 0.29) is 0 Å². The molecular weight excluding hydrogens is 148 g/mol. The fraction of sp³-hybridized carbons (Fsp3) is 1.00. The van der Waals surface area contributed by atoms with Crippen LogP contribution in [-0.2, 0) is 4.74 Å². The number of aliphatic hydroxyl groups is 1. The molecule has 0 spiro atoms. The summed E-state index contributed by atoms with van der Waals surface area (Å²) in [5.41, 5.74) is 0. The third-order valence-corrected chi connectivity index (χ3v) is 2.87. The van der Waals surface area contributed by atoms with Gasteiger partial charge in [0, 0.05) is 17.6 Å². The maximum Gasteiger partial charge on any atom is 0.163 e. The van der Waals surface area contributed by atoms with E-state index in [4.69, 9.17) is 9.84 Å². The lowest BCUT2D eigenvalue weighted by Gasteiger charge is -2.19. The average Bonchev–Trinajstić information content (AvgIpc) is 1.90. The second-order valence-electron chi connectivity index (χ2n) is 2.61. The molecule has 1 rings (SSSR count). The lowest BCUT2D eigenvalue weighted by molar-refractivity contribution is -0.0835. The minimum atomic E-state index is -0.534. The molecule has 2 nitrogen and oxygen atoms in total. The molecule has 0 bridgehead atoms. The third-order valence-electron chi connectivity index (χ3n) is 1.59. The first-order chi connectivity index (χ1) is 4.79. The second-order valence-corrected chi connectivity index (χ2v) is 4.08. The van der Waals surface area contributed by atoms with Crippen LogP contribution in [0.2, 0.25) is 0 Å². The zero-order valence-corrected chi connectivity index (χ0v) is 7.06. The highest BCUT2D eigenvalue weighted by molar-refractivity contribution is 7.99. The minimum absolute atomic E-state index is 0.534. The van der Waals surface area contributed by atoms with E-state index in [9.17, 15) is 0 Å².